The Kier molecular flexibility index (Phi) is 5.15. The molecule has 0 unspecified atom stereocenters. The van der Waals surface area contributed by atoms with E-state index in [9.17, 15) is 14.4 Å². The first-order valence-corrected chi connectivity index (χ1v) is 11.6. The van der Waals surface area contributed by atoms with Gasteiger partial charge in [0.1, 0.15) is 5.75 Å². The van der Waals surface area contributed by atoms with Crippen LogP contribution < -0.4 is 10.1 Å². The van der Waals surface area contributed by atoms with E-state index in [-0.39, 0.29) is 41.5 Å². The average molecular weight is 427 g/mol. The van der Waals surface area contributed by atoms with Crippen LogP contribution in [-0.2, 0) is 14.3 Å². The van der Waals surface area contributed by atoms with Gasteiger partial charge in [0.15, 0.2) is 5.72 Å². The lowest BCUT2D eigenvalue weighted by Gasteiger charge is -2.55. The summed E-state index contributed by atoms with van der Waals surface area (Å²) in [7, 11) is 0. The van der Waals surface area contributed by atoms with Crippen molar-refractivity contribution in [1.82, 2.24) is 10.2 Å². The number of hydrogen-bond acceptors (Lipinski definition) is 5. The van der Waals surface area contributed by atoms with Crippen LogP contribution >= 0.6 is 0 Å². The summed E-state index contributed by atoms with van der Waals surface area (Å²) in [4.78, 5) is 40.3. The Bertz CT molecular complexity index is 902. The molecule has 3 aliphatic carbocycles. The molecule has 2 aliphatic heterocycles. The maximum atomic E-state index is 13.4. The molecule has 6 rings (SSSR count). The van der Waals surface area contributed by atoms with Crippen LogP contribution in [0.5, 0.6) is 5.75 Å². The molecule has 5 aliphatic rings. The van der Waals surface area contributed by atoms with Gasteiger partial charge >= 0.3 is 5.97 Å². The Morgan fingerprint density at radius 3 is 2.87 bits per heavy atom. The number of esters is 1. The highest BCUT2D eigenvalue weighted by atomic mass is 16.5. The summed E-state index contributed by atoms with van der Waals surface area (Å²) in [5, 5.41) is 3.15. The summed E-state index contributed by atoms with van der Waals surface area (Å²) < 4.78 is 11.6. The van der Waals surface area contributed by atoms with Crippen molar-refractivity contribution in [3.8, 4) is 5.75 Å². The van der Waals surface area contributed by atoms with E-state index in [2.05, 4.69) is 5.32 Å². The highest BCUT2D eigenvalue weighted by Gasteiger charge is 2.57. The van der Waals surface area contributed by atoms with Crippen LogP contribution in [0.2, 0.25) is 0 Å². The monoisotopic (exact) mass is 426 g/mol. The number of fused-ring (bicyclic) bond motifs is 3. The van der Waals surface area contributed by atoms with E-state index in [1.807, 2.05) is 30.0 Å². The number of rotatable bonds is 3. The van der Waals surface area contributed by atoms with Gasteiger partial charge in [0, 0.05) is 31.3 Å². The Morgan fingerprint density at radius 2 is 2.10 bits per heavy atom. The number of para-hydroxylation sites is 1. The minimum Gasteiger partial charge on any atom is -0.467 e. The fraction of sp³-hybridized carbons (Fsp3) is 0.625. The average Bonchev–Trinajstić information content (AvgIpc) is 2.79. The minimum atomic E-state index is -0.708. The second kappa shape index (κ2) is 7.84. The molecule has 7 nitrogen and oxygen atoms in total. The van der Waals surface area contributed by atoms with Gasteiger partial charge in [-0.1, -0.05) is 12.1 Å². The number of carbonyl (C=O) groups is 3. The third-order valence-electron chi connectivity index (χ3n) is 7.64. The Balaban J connectivity index is 1.30. The highest BCUT2D eigenvalue weighted by Crippen LogP contribution is 2.53. The molecule has 0 aromatic heterocycles. The van der Waals surface area contributed by atoms with E-state index >= 15 is 0 Å². The molecule has 1 aromatic carbocycles. The van der Waals surface area contributed by atoms with E-state index in [0.717, 1.165) is 25.7 Å². The van der Waals surface area contributed by atoms with Crippen LogP contribution in [0.1, 0.15) is 55.8 Å². The molecule has 31 heavy (non-hydrogen) atoms. The highest BCUT2D eigenvalue weighted by molar-refractivity contribution is 5.98. The number of benzene rings is 1. The van der Waals surface area contributed by atoms with Crippen molar-refractivity contribution in [1.29, 1.82) is 0 Å². The first-order chi connectivity index (χ1) is 15.0. The lowest BCUT2D eigenvalue weighted by Crippen LogP contribution is -2.67. The van der Waals surface area contributed by atoms with Gasteiger partial charge in [-0.15, -0.1) is 0 Å². The fourth-order valence-electron chi connectivity index (χ4n) is 6.13. The van der Waals surface area contributed by atoms with E-state index in [4.69, 9.17) is 9.47 Å². The van der Waals surface area contributed by atoms with Crippen molar-refractivity contribution in [2.75, 3.05) is 19.7 Å². The summed E-state index contributed by atoms with van der Waals surface area (Å²) in [6.45, 7) is 3.33. The van der Waals surface area contributed by atoms with Crippen molar-refractivity contribution < 1.29 is 23.9 Å². The predicted octanol–water partition coefficient (Wildman–Crippen LogP) is 2.74. The van der Waals surface area contributed by atoms with Gasteiger partial charge in [0.25, 0.3) is 5.91 Å². The number of carbonyl (C=O) groups excluding carboxylic acids is 3. The molecule has 166 valence electrons. The number of piperidine rings is 1. The zero-order valence-corrected chi connectivity index (χ0v) is 18.0. The van der Waals surface area contributed by atoms with Crippen molar-refractivity contribution in [3.05, 3.63) is 29.8 Å². The molecular formula is C24H30N2O5. The number of nitrogens with one attached hydrogen (secondary N) is 1. The second-order valence-electron chi connectivity index (χ2n) is 9.40. The summed E-state index contributed by atoms with van der Waals surface area (Å²) in [6, 6.07) is 7.35. The van der Waals surface area contributed by atoms with Gasteiger partial charge < -0.3 is 19.7 Å². The van der Waals surface area contributed by atoms with Gasteiger partial charge in [0.2, 0.25) is 5.91 Å². The topological polar surface area (TPSA) is 84.9 Å². The quantitative estimate of drug-likeness (QED) is 0.752. The van der Waals surface area contributed by atoms with Crippen LogP contribution in [0.15, 0.2) is 24.3 Å². The summed E-state index contributed by atoms with van der Waals surface area (Å²) in [6.07, 6.45) is 4.90. The second-order valence-corrected chi connectivity index (χ2v) is 9.40. The smallest absolute Gasteiger partial charge is 0.310 e. The predicted molar refractivity (Wildman–Crippen MR) is 112 cm³/mol. The molecule has 2 amide bonds. The molecule has 1 aromatic rings. The fourth-order valence-corrected chi connectivity index (χ4v) is 6.13. The molecule has 5 atom stereocenters. The van der Waals surface area contributed by atoms with Crippen molar-refractivity contribution in [2.45, 2.75) is 51.2 Å². The lowest BCUT2D eigenvalue weighted by molar-refractivity contribution is -0.159. The Hall–Kier alpha value is -2.57. The molecule has 1 N–H and O–H groups in total. The van der Waals surface area contributed by atoms with Crippen molar-refractivity contribution >= 4 is 17.8 Å². The van der Waals surface area contributed by atoms with Gasteiger partial charge in [-0.05, 0) is 57.1 Å². The van der Waals surface area contributed by atoms with Crippen LogP contribution in [0.4, 0.5) is 0 Å². The summed E-state index contributed by atoms with van der Waals surface area (Å²) in [5.41, 5.74) is -0.138. The normalized spacial score (nSPS) is 34.0. The number of ether oxygens (including phenoxy) is 2. The number of nitrogens with zero attached hydrogens (tertiary/aromatic N) is 1. The first-order valence-electron chi connectivity index (χ1n) is 11.6. The van der Waals surface area contributed by atoms with E-state index in [0.29, 0.717) is 43.9 Å². The van der Waals surface area contributed by atoms with Crippen molar-refractivity contribution in [3.63, 3.8) is 0 Å². The number of likely N-dealkylation sites (tertiary alicyclic amines) is 1. The van der Waals surface area contributed by atoms with Crippen LogP contribution in [0.25, 0.3) is 0 Å². The molecule has 2 bridgehead atoms. The molecule has 1 spiro atoms. The number of amides is 2. The molecule has 7 heteroatoms. The van der Waals surface area contributed by atoms with Gasteiger partial charge in [0.05, 0.1) is 18.1 Å². The first kappa shape index (κ1) is 20.3. The SMILES string of the molecule is CCOC(=O)[C@@H]1CCCN(C(=O)[C@@H]2C[C@H]3CC[C@H]2C[C@@]32NC(=O)c3ccccc3O2)C1. The number of hydrogen-bond donors (Lipinski definition) is 1. The van der Waals surface area contributed by atoms with Gasteiger partial charge in [-0.3, -0.25) is 14.4 Å². The molecular weight excluding hydrogens is 396 g/mol. The van der Waals surface area contributed by atoms with E-state index in [1.165, 1.54) is 0 Å². The maximum absolute atomic E-state index is 13.4. The molecule has 1 saturated heterocycles. The van der Waals surface area contributed by atoms with Crippen molar-refractivity contribution in [2.24, 2.45) is 23.7 Å². The summed E-state index contributed by atoms with van der Waals surface area (Å²) >= 11 is 0. The van der Waals surface area contributed by atoms with E-state index in [1.54, 1.807) is 6.07 Å². The third kappa shape index (κ3) is 3.48. The van der Waals surface area contributed by atoms with E-state index < -0.39 is 5.72 Å². The standard InChI is InChI=1S/C24H30N2O5/c1-2-30-23(29)16-6-5-11-26(14-16)22(28)19-12-17-10-9-15(19)13-24(17)25-21(27)18-7-3-4-8-20(18)31-24/h3-4,7-8,15-17,19H,2,5-6,9-14H2,1H3,(H,25,27)/t15-,16+,17+,19+,24-/m0/s1. The van der Waals surface area contributed by atoms with Crippen LogP contribution in [0, 0.1) is 23.7 Å². The molecule has 0 radical (unpaired) electrons. The third-order valence-corrected chi connectivity index (χ3v) is 7.64. The summed E-state index contributed by atoms with van der Waals surface area (Å²) in [5.74, 6) is 0.494. The lowest BCUT2D eigenvalue weighted by atomic mass is 9.59. The molecule has 3 saturated carbocycles. The van der Waals surface area contributed by atoms with Crippen LogP contribution in [0.3, 0.4) is 0 Å². The molecule has 2 heterocycles. The van der Waals surface area contributed by atoms with Gasteiger partial charge in [-0.2, -0.15) is 0 Å². The Morgan fingerprint density at radius 1 is 1.26 bits per heavy atom. The Labute approximate surface area is 182 Å². The largest absolute Gasteiger partial charge is 0.467 e. The minimum absolute atomic E-state index is 0.0667. The maximum Gasteiger partial charge on any atom is 0.310 e. The zero-order valence-electron chi connectivity index (χ0n) is 18.0. The molecule has 4 fully saturated rings. The van der Waals surface area contributed by atoms with Gasteiger partial charge in [-0.25, -0.2) is 0 Å². The van der Waals surface area contributed by atoms with Crippen LogP contribution in [-0.4, -0.2) is 48.1 Å². The zero-order chi connectivity index (χ0) is 21.6.